The molecule has 0 bridgehead atoms. The van der Waals surface area contributed by atoms with Gasteiger partial charge in [-0.3, -0.25) is 0 Å². The third-order valence-electron chi connectivity index (χ3n) is 4.28. The van der Waals surface area contributed by atoms with E-state index in [1.165, 1.54) is 0 Å². The van der Waals surface area contributed by atoms with Gasteiger partial charge in [0, 0.05) is 31.7 Å². The highest BCUT2D eigenvalue weighted by atomic mass is 19.2. The molecule has 1 aromatic carbocycles. The van der Waals surface area contributed by atoms with Crippen LogP contribution in [0.1, 0.15) is 12.0 Å². The molecule has 1 aromatic heterocycles. The van der Waals surface area contributed by atoms with Crippen molar-refractivity contribution in [2.24, 2.45) is 0 Å². The standard InChI is InChI=1S/C19H20F3N3O3/c20-15-10-16(21)18(24-17(15)22)27-9-6-14-11-25(8-7-23-14)19(26)28-12-13-4-2-1-3-5-13/h1-5,10,14,23H,6-9,11-12H2/t14-/m1/s1. The normalized spacial score (nSPS) is 16.7. The van der Waals surface area contributed by atoms with E-state index in [0.717, 1.165) is 5.56 Å². The van der Waals surface area contributed by atoms with Gasteiger partial charge in [-0.05, 0) is 12.0 Å². The molecule has 0 radical (unpaired) electrons. The van der Waals surface area contributed by atoms with Gasteiger partial charge in [-0.2, -0.15) is 9.37 Å². The van der Waals surface area contributed by atoms with Crippen LogP contribution in [0.3, 0.4) is 0 Å². The second-order valence-electron chi connectivity index (χ2n) is 6.32. The summed E-state index contributed by atoms with van der Waals surface area (Å²) in [5, 5.41) is 3.22. The first-order chi connectivity index (χ1) is 13.5. The molecule has 1 atom stereocenters. The Morgan fingerprint density at radius 3 is 2.79 bits per heavy atom. The van der Waals surface area contributed by atoms with E-state index >= 15 is 0 Å². The smallest absolute Gasteiger partial charge is 0.410 e. The van der Waals surface area contributed by atoms with Gasteiger partial charge in [0.15, 0.2) is 11.6 Å². The minimum Gasteiger partial charge on any atom is -0.475 e. The zero-order chi connectivity index (χ0) is 19.9. The molecule has 2 aromatic rings. The largest absolute Gasteiger partial charge is 0.475 e. The Morgan fingerprint density at radius 2 is 2.00 bits per heavy atom. The number of aromatic nitrogens is 1. The summed E-state index contributed by atoms with van der Waals surface area (Å²) >= 11 is 0. The average Bonchev–Trinajstić information content (AvgIpc) is 2.71. The molecule has 1 aliphatic rings. The molecule has 9 heteroatoms. The summed E-state index contributed by atoms with van der Waals surface area (Å²) in [5.41, 5.74) is 0.900. The molecular formula is C19H20F3N3O3. The van der Waals surface area contributed by atoms with Gasteiger partial charge in [0.25, 0.3) is 11.8 Å². The van der Waals surface area contributed by atoms with Gasteiger partial charge < -0.3 is 19.7 Å². The second-order valence-corrected chi connectivity index (χ2v) is 6.32. The van der Waals surface area contributed by atoms with Crippen LogP contribution in [0.25, 0.3) is 0 Å². The topological polar surface area (TPSA) is 63.7 Å². The maximum Gasteiger partial charge on any atom is 0.410 e. The number of ether oxygens (including phenoxy) is 2. The first kappa shape index (κ1) is 19.9. The Labute approximate surface area is 160 Å². The number of piperazine rings is 1. The van der Waals surface area contributed by atoms with Gasteiger partial charge in [0.2, 0.25) is 0 Å². The molecule has 150 valence electrons. The molecule has 1 saturated heterocycles. The lowest BCUT2D eigenvalue weighted by Gasteiger charge is -2.33. The van der Waals surface area contributed by atoms with Crippen LogP contribution in [-0.2, 0) is 11.3 Å². The van der Waals surface area contributed by atoms with Crippen LogP contribution in [0, 0.1) is 17.6 Å². The number of hydrogen-bond acceptors (Lipinski definition) is 5. The van der Waals surface area contributed by atoms with Crippen LogP contribution in [0.15, 0.2) is 36.4 Å². The second kappa shape index (κ2) is 9.41. The first-order valence-electron chi connectivity index (χ1n) is 8.86. The van der Waals surface area contributed by atoms with Crippen LogP contribution in [-0.4, -0.2) is 48.3 Å². The molecular weight excluding hydrogens is 375 g/mol. The van der Waals surface area contributed by atoms with E-state index in [1.807, 2.05) is 30.3 Å². The lowest BCUT2D eigenvalue weighted by molar-refractivity contribution is 0.0825. The third kappa shape index (κ3) is 5.35. The van der Waals surface area contributed by atoms with E-state index in [0.29, 0.717) is 32.1 Å². The van der Waals surface area contributed by atoms with Crippen LogP contribution in [0.5, 0.6) is 5.88 Å². The number of carbonyl (C=O) groups excluding carboxylic acids is 1. The molecule has 1 N–H and O–H groups in total. The van der Waals surface area contributed by atoms with Crippen molar-refractivity contribution in [3.63, 3.8) is 0 Å². The zero-order valence-electron chi connectivity index (χ0n) is 15.0. The minimum atomic E-state index is -1.42. The summed E-state index contributed by atoms with van der Waals surface area (Å²) in [5.74, 6) is -4.45. The van der Waals surface area contributed by atoms with Gasteiger partial charge in [-0.25, -0.2) is 13.6 Å². The zero-order valence-corrected chi connectivity index (χ0v) is 15.0. The predicted octanol–water partition coefficient (Wildman–Crippen LogP) is 2.88. The van der Waals surface area contributed by atoms with Gasteiger partial charge in [-0.1, -0.05) is 30.3 Å². The Balaban J connectivity index is 1.44. The van der Waals surface area contributed by atoms with Crippen molar-refractivity contribution in [1.29, 1.82) is 0 Å². The highest BCUT2D eigenvalue weighted by Gasteiger charge is 2.24. The summed E-state index contributed by atoms with van der Waals surface area (Å²) < 4.78 is 49.9. The fraction of sp³-hybridized carbons (Fsp3) is 0.368. The van der Waals surface area contributed by atoms with Crippen molar-refractivity contribution in [2.45, 2.75) is 19.1 Å². The molecule has 0 unspecified atom stereocenters. The Kier molecular flexibility index (Phi) is 6.70. The summed E-state index contributed by atoms with van der Waals surface area (Å²) in [6.45, 7) is 1.69. The average molecular weight is 395 g/mol. The Hall–Kier alpha value is -2.81. The molecule has 0 spiro atoms. The summed E-state index contributed by atoms with van der Waals surface area (Å²) in [6.07, 6.45) is 0.00681. The van der Waals surface area contributed by atoms with E-state index in [9.17, 15) is 18.0 Å². The van der Waals surface area contributed by atoms with Gasteiger partial charge in [0.05, 0.1) is 6.61 Å². The maximum atomic E-state index is 13.5. The minimum absolute atomic E-state index is 0.0273. The van der Waals surface area contributed by atoms with Crippen LogP contribution < -0.4 is 10.1 Å². The quantitative estimate of drug-likeness (QED) is 0.762. The van der Waals surface area contributed by atoms with E-state index in [4.69, 9.17) is 9.47 Å². The number of halogens is 3. The number of carbonyl (C=O) groups is 1. The van der Waals surface area contributed by atoms with Crippen molar-refractivity contribution in [3.8, 4) is 5.88 Å². The predicted molar refractivity (Wildman–Crippen MR) is 94.2 cm³/mol. The van der Waals surface area contributed by atoms with Crippen molar-refractivity contribution < 1.29 is 27.4 Å². The first-order valence-corrected chi connectivity index (χ1v) is 8.86. The number of nitrogens with zero attached hydrogens (tertiary/aromatic N) is 2. The molecule has 1 aliphatic heterocycles. The molecule has 0 aliphatic carbocycles. The highest BCUT2D eigenvalue weighted by Crippen LogP contribution is 2.17. The van der Waals surface area contributed by atoms with E-state index in [1.54, 1.807) is 4.90 Å². The number of hydrogen-bond donors (Lipinski definition) is 1. The summed E-state index contributed by atoms with van der Waals surface area (Å²) in [7, 11) is 0. The number of benzene rings is 1. The molecule has 6 nitrogen and oxygen atoms in total. The van der Waals surface area contributed by atoms with Crippen molar-refractivity contribution >= 4 is 6.09 Å². The SMILES string of the molecule is O=C(OCc1ccccc1)N1CCN[C@H](CCOc2nc(F)c(F)cc2F)C1. The Morgan fingerprint density at radius 1 is 1.21 bits per heavy atom. The number of pyridine rings is 1. The van der Waals surface area contributed by atoms with Crippen molar-refractivity contribution in [3.05, 3.63) is 59.5 Å². The summed E-state index contributed by atoms with van der Waals surface area (Å²) in [6, 6.07) is 9.65. The molecule has 1 fully saturated rings. The maximum absolute atomic E-state index is 13.5. The fourth-order valence-electron chi connectivity index (χ4n) is 2.82. The van der Waals surface area contributed by atoms with Gasteiger partial charge >= 0.3 is 6.09 Å². The lowest BCUT2D eigenvalue weighted by Crippen LogP contribution is -2.53. The number of nitrogens with one attached hydrogen (secondary N) is 1. The van der Waals surface area contributed by atoms with Crippen LogP contribution >= 0.6 is 0 Å². The van der Waals surface area contributed by atoms with Crippen molar-refractivity contribution in [1.82, 2.24) is 15.2 Å². The highest BCUT2D eigenvalue weighted by molar-refractivity contribution is 5.67. The third-order valence-corrected chi connectivity index (χ3v) is 4.28. The fourth-order valence-corrected chi connectivity index (χ4v) is 2.82. The van der Waals surface area contributed by atoms with Gasteiger partial charge in [0.1, 0.15) is 6.61 Å². The Bertz CT molecular complexity index is 808. The van der Waals surface area contributed by atoms with Crippen LogP contribution in [0.4, 0.5) is 18.0 Å². The number of amides is 1. The molecule has 0 saturated carbocycles. The van der Waals surface area contributed by atoms with E-state index in [2.05, 4.69) is 10.3 Å². The van der Waals surface area contributed by atoms with Crippen LogP contribution in [0.2, 0.25) is 0 Å². The van der Waals surface area contributed by atoms with Crippen molar-refractivity contribution in [2.75, 3.05) is 26.2 Å². The molecule has 2 heterocycles. The van der Waals surface area contributed by atoms with Gasteiger partial charge in [-0.15, -0.1) is 0 Å². The van der Waals surface area contributed by atoms with E-state index < -0.39 is 29.6 Å². The molecule has 28 heavy (non-hydrogen) atoms. The monoisotopic (exact) mass is 395 g/mol. The lowest BCUT2D eigenvalue weighted by atomic mass is 10.1. The summed E-state index contributed by atoms with van der Waals surface area (Å²) in [4.78, 5) is 16.9. The number of rotatable bonds is 6. The van der Waals surface area contributed by atoms with E-state index in [-0.39, 0.29) is 19.3 Å². The molecule has 1 amide bonds. The molecule has 3 rings (SSSR count).